The first-order valence-corrected chi connectivity index (χ1v) is 6.82. The number of hydrogen-bond acceptors (Lipinski definition) is 3. The van der Waals surface area contributed by atoms with Gasteiger partial charge in [0.2, 0.25) is 0 Å². The van der Waals surface area contributed by atoms with Crippen LogP contribution in [0.25, 0.3) is 0 Å². The van der Waals surface area contributed by atoms with Crippen molar-refractivity contribution in [3.8, 4) is 0 Å². The van der Waals surface area contributed by atoms with Gasteiger partial charge in [-0.05, 0) is 45.4 Å². The van der Waals surface area contributed by atoms with Crippen LogP contribution in [-0.2, 0) is 0 Å². The summed E-state index contributed by atoms with van der Waals surface area (Å²) < 4.78 is 0. The van der Waals surface area contributed by atoms with Gasteiger partial charge in [-0.1, -0.05) is 0 Å². The minimum Gasteiger partial charge on any atom is -0.329 e. The molecule has 2 aliphatic rings. The number of thioether (sulfide) groups is 1. The van der Waals surface area contributed by atoms with Crippen LogP contribution in [0.2, 0.25) is 0 Å². The highest BCUT2D eigenvalue weighted by molar-refractivity contribution is 7.99. The molecular weight excluding hydrogens is 192 g/mol. The van der Waals surface area contributed by atoms with Gasteiger partial charge in [0.15, 0.2) is 0 Å². The summed E-state index contributed by atoms with van der Waals surface area (Å²) >= 11 is 2.07. The van der Waals surface area contributed by atoms with Gasteiger partial charge in [0, 0.05) is 23.4 Å². The topological polar surface area (TPSA) is 29.3 Å². The molecule has 1 unspecified atom stereocenters. The molecule has 2 aliphatic heterocycles. The Morgan fingerprint density at radius 1 is 1.36 bits per heavy atom. The Kier molecular flexibility index (Phi) is 2.84. The Morgan fingerprint density at radius 3 is 2.57 bits per heavy atom. The number of nitrogens with zero attached hydrogens (tertiary/aromatic N) is 1. The lowest BCUT2D eigenvalue weighted by Gasteiger charge is -2.45. The van der Waals surface area contributed by atoms with Crippen molar-refractivity contribution >= 4 is 11.8 Å². The average molecular weight is 214 g/mol. The molecule has 0 bridgehead atoms. The van der Waals surface area contributed by atoms with Crippen molar-refractivity contribution in [3.05, 3.63) is 0 Å². The molecule has 0 amide bonds. The van der Waals surface area contributed by atoms with Crippen LogP contribution in [-0.4, -0.2) is 40.6 Å². The van der Waals surface area contributed by atoms with Crippen LogP contribution >= 0.6 is 11.8 Å². The molecule has 0 aromatic heterocycles. The molecule has 0 radical (unpaired) electrons. The number of rotatable bonds is 2. The summed E-state index contributed by atoms with van der Waals surface area (Å²) in [6, 6.07) is 0. The molecule has 3 heteroatoms. The van der Waals surface area contributed by atoms with Gasteiger partial charge in [-0.25, -0.2) is 0 Å². The molecule has 0 aliphatic carbocycles. The minimum atomic E-state index is 0.324. The van der Waals surface area contributed by atoms with E-state index in [0.29, 0.717) is 11.1 Å². The number of nitrogens with two attached hydrogens (primary N) is 1. The SMILES string of the molecule is CC1(C)CCCN1C1(CN)CCSC1. The van der Waals surface area contributed by atoms with Crippen LogP contribution in [0, 0.1) is 0 Å². The summed E-state index contributed by atoms with van der Waals surface area (Å²) in [6.45, 7) is 6.84. The molecule has 2 heterocycles. The fourth-order valence-corrected chi connectivity index (χ4v) is 4.53. The molecule has 82 valence electrons. The molecule has 0 saturated carbocycles. The van der Waals surface area contributed by atoms with E-state index in [1.165, 1.54) is 37.3 Å². The fraction of sp³-hybridized carbons (Fsp3) is 1.00. The quantitative estimate of drug-likeness (QED) is 0.758. The molecule has 14 heavy (non-hydrogen) atoms. The zero-order chi connectivity index (χ0) is 10.2. The predicted molar refractivity (Wildman–Crippen MR) is 63.7 cm³/mol. The molecule has 2 nitrogen and oxygen atoms in total. The van der Waals surface area contributed by atoms with Crippen LogP contribution in [0.3, 0.4) is 0 Å². The highest BCUT2D eigenvalue weighted by Crippen LogP contribution is 2.41. The Hall–Kier alpha value is 0.270. The zero-order valence-corrected chi connectivity index (χ0v) is 10.2. The highest BCUT2D eigenvalue weighted by atomic mass is 32.2. The van der Waals surface area contributed by atoms with Crippen molar-refractivity contribution in [2.45, 2.75) is 44.2 Å². The van der Waals surface area contributed by atoms with E-state index in [1.807, 2.05) is 0 Å². The lowest BCUT2D eigenvalue weighted by atomic mass is 9.91. The van der Waals surface area contributed by atoms with Gasteiger partial charge in [-0.15, -0.1) is 0 Å². The van der Waals surface area contributed by atoms with E-state index in [0.717, 1.165) is 6.54 Å². The molecule has 0 aromatic carbocycles. The van der Waals surface area contributed by atoms with Crippen LogP contribution in [0.15, 0.2) is 0 Å². The Morgan fingerprint density at radius 2 is 2.14 bits per heavy atom. The molecule has 2 N–H and O–H groups in total. The zero-order valence-electron chi connectivity index (χ0n) is 9.38. The lowest BCUT2D eigenvalue weighted by Crippen LogP contribution is -2.59. The van der Waals surface area contributed by atoms with Gasteiger partial charge in [0.05, 0.1) is 0 Å². The second kappa shape index (κ2) is 3.69. The van der Waals surface area contributed by atoms with E-state index in [-0.39, 0.29) is 0 Å². The molecular formula is C11H22N2S. The van der Waals surface area contributed by atoms with Crippen LogP contribution < -0.4 is 5.73 Å². The van der Waals surface area contributed by atoms with E-state index < -0.39 is 0 Å². The highest BCUT2D eigenvalue weighted by Gasteiger charge is 2.47. The summed E-state index contributed by atoms with van der Waals surface area (Å²) in [7, 11) is 0. The van der Waals surface area contributed by atoms with E-state index in [4.69, 9.17) is 5.73 Å². The number of hydrogen-bond donors (Lipinski definition) is 1. The van der Waals surface area contributed by atoms with E-state index in [2.05, 4.69) is 30.5 Å². The first-order valence-electron chi connectivity index (χ1n) is 5.66. The van der Waals surface area contributed by atoms with Gasteiger partial charge < -0.3 is 5.73 Å². The summed E-state index contributed by atoms with van der Waals surface area (Å²) in [5, 5.41) is 0. The summed E-state index contributed by atoms with van der Waals surface area (Å²) in [4.78, 5) is 2.69. The van der Waals surface area contributed by atoms with Crippen molar-refractivity contribution in [2.75, 3.05) is 24.6 Å². The van der Waals surface area contributed by atoms with Gasteiger partial charge in [-0.2, -0.15) is 11.8 Å². The van der Waals surface area contributed by atoms with Crippen molar-refractivity contribution in [2.24, 2.45) is 5.73 Å². The maximum atomic E-state index is 6.01. The maximum absolute atomic E-state index is 6.01. The smallest absolute Gasteiger partial charge is 0.0435 e. The van der Waals surface area contributed by atoms with Gasteiger partial charge in [-0.3, -0.25) is 4.90 Å². The predicted octanol–water partition coefficient (Wildman–Crippen LogP) is 1.70. The van der Waals surface area contributed by atoms with Crippen LogP contribution in [0.4, 0.5) is 0 Å². The molecule has 2 fully saturated rings. The first-order chi connectivity index (χ1) is 6.61. The van der Waals surface area contributed by atoms with E-state index in [1.54, 1.807) is 0 Å². The monoisotopic (exact) mass is 214 g/mol. The normalized spacial score (nSPS) is 37.9. The molecule has 1 atom stereocenters. The standard InChI is InChI=1S/C11H22N2S/c1-10(2)4-3-6-13(10)11(8-12)5-7-14-9-11/h3-9,12H2,1-2H3. The van der Waals surface area contributed by atoms with Gasteiger partial charge in [0.1, 0.15) is 0 Å². The summed E-state index contributed by atoms with van der Waals surface area (Å²) in [5.74, 6) is 2.54. The summed E-state index contributed by atoms with van der Waals surface area (Å²) in [6.07, 6.45) is 3.97. The summed E-state index contributed by atoms with van der Waals surface area (Å²) in [5.41, 5.74) is 6.72. The molecule has 2 rings (SSSR count). The Balaban J connectivity index is 2.19. The first kappa shape index (κ1) is 10.8. The van der Waals surface area contributed by atoms with Crippen molar-refractivity contribution in [1.82, 2.24) is 4.90 Å². The average Bonchev–Trinajstić information content (AvgIpc) is 2.71. The fourth-order valence-electron chi connectivity index (χ4n) is 3.07. The Labute approximate surface area is 91.6 Å². The molecule has 2 saturated heterocycles. The van der Waals surface area contributed by atoms with Crippen molar-refractivity contribution in [1.29, 1.82) is 0 Å². The van der Waals surface area contributed by atoms with Crippen molar-refractivity contribution < 1.29 is 0 Å². The molecule has 0 aromatic rings. The molecule has 0 spiro atoms. The minimum absolute atomic E-state index is 0.324. The van der Waals surface area contributed by atoms with Crippen LogP contribution in [0.1, 0.15) is 33.1 Å². The largest absolute Gasteiger partial charge is 0.329 e. The third-order valence-electron chi connectivity index (χ3n) is 3.94. The second-order valence-corrected chi connectivity index (χ2v) is 6.40. The maximum Gasteiger partial charge on any atom is 0.0435 e. The van der Waals surface area contributed by atoms with Crippen molar-refractivity contribution in [3.63, 3.8) is 0 Å². The third-order valence-corrected chi connectivity index (χ3v) is 5.17. The second-order valence-electron chi connectivity index (χ2n) is 5.30. The lowest BCUT2D eigenvalue weighted by molar-refractivity contribution is 0.0530. The third kappa shape index (κ3) is 1.59. The Bertz CT molecular complexity index is 209. The van der Waals surface area contributed by atoms with Crippen LogP contribution in [0.5, 0.6) is 0 Å². The van der Waals surface area contributed by atoms with Gasteiger partial charge >= 0.3 is 0 Å². The van der Waals surface area contributed by atoms with Gasteiger partial charge in [0.25, 0.3) is 0 Å². The van der Waals surface area contributed by atoms with E-state index >= 15 is 0 Å². The van der Waals surface area contributed by atoms with E-state index in [9.17, 15) is 0 Å². The number of likely N-dealkylation sites (tertiary alicyclic amines) is 1.